The molecular formula is C19H17N3O4. The van der Waals surface area contributed by atoms with Crippen molar-refractivity contribution in [3.8, 4) is 11.5 Å². The van der Waals surface area contributed by atoms with Crippen LogP contribution in [0.25, 0.3) is 10.8 Å². The molecule has 7 heteroatoms. The number of anilines is 1. The van der Waals surface area contributed by atoms with Crippen molar-refractivity contribution in [1.82, 2.24) is 9.78 Å². The van der Waals surface area contributed by atoms with Gasteiger partial charge in [-0.05, 0) is 25.1 Å². The molecular weight excluding hydrogens is 334 g/mol. The Morgan fingerprint density at radius 1 is 1.12 bits per heavy atom. The largest absolute Gasteiger partial charge is 0.486 e. The number of ether oxygens (including phenoxy) is 2. The average Bonchev–Trinajstić information content (AvgIpc) is 2.68. The second-order valence-electron chi connectivity index (χ2n) is 5.83. The number of amides is 1. The lowest BCUT2D eigenvalue weighted by Gasteiger charge is -2.19. The SMILES string of the molecule is CCn1nc(C(=O)Nc2ccc3c(c2)OCCO3)c2ccccc2c1=O. The topological polar surface area (TPSA) is 82.5 Å². The zero-order valence-corrected chi connectivity index (χ0v) is 14.2. The maximum Gasteiger partial charge on any atom is 0.276 e. The summed E-state index contributed by atoms with van der Waals surface area (Å²) in [6, 6.07) is 12.2. The molecule has 4 rings (SSSR count). The van der Waals surface area contributed by atoms with E-state index < -0.39 is 0 Å². The third-order valence-electron chi connectivity index (χ3n) is 4.18. The van der Waals surface area contributed by atoms with Gasteiger partial charge in [-0.2, -0.15) is 5.10 Å². The van der Waals surface area contributed by atoms with Gasteiger partial charge >= 0.3 is 0 Å². The number of nitrogens with zero attached hydrogens (tertiary/aromatic N) is 2. The van der Waals surface area contributed by atoms with Gasteiger partial charge in [0.15, 0.2) is 17.2 Å². The van der Waals surface area contributed by atoms with Crippen LogP contribution in [0.3, 0.4) is 0 Å². The van der Waals surface area contributed by atoms with Crippen LogP contribution in [0.4, 0.5) is 5.69 Å². The summed E-state index contributed by atoms with van der Waals surface area (Å²) in [6.07, 6.45) is 0. The van der Waals surface area contributed by atoms with Crippen LogP contribution in [-0.4, -0.2) is 28.9 Å². The molecule has 2 aromatic carbocycles. The summed E-state index contributed by atoms with van der Waals surface area (Å²) >= 11 is 0. The van der Waals surface area contributed by atoms with Crippen LogP contribution in [0, 0.1) is 0 Å². The number of benzene rings is 2. The smallest absolute Gasteiger partial charge is 0.276 e. The van der Waals surface area contributed by atoms with E-state index in [9.17, 15) is 9.59 Å². The van der Waals surface area contributed by atoms with Crippen molar-refractivity contribution in [2.45, 2.75) is 13.5 Å². The van der Waals surface area contributed by atoms with Gasteiger partial charge in [0.05, 0.1) is 5.39 Å². The van der Waals surface area contributed by atoms with Gasteiger partial charge in [0.1, 0.15) is 13.2 Å². The fourth-order valence-electron chi connectivity index (χ4n) is 2.93. The number of aromatic nitrogens is 2. The Labute approximate surface area is 149 Å². The number of aryl methyl sites for hydroxylation is 1. The highest BCUT2D eigenvalue weighted by Gasteiger charge is 2.18. The maximum absolute atomic E-state index is 12.8. The molecule has 0 unspecified atom stereocenters. The standard InChI is InChI=1S/C19H17N3O4/c1-2-22-19(24)14-6-4-3-5-13(14)17(21-22)18(23)20-12-7-8-15-16(11-12)26-10-9-25-15/h3-8,11H,2,9-10H2,1H3,(H,20,23). The second-order valence-corrected chi connectivity index (χ2v) is 5.83. The third kappa shape index (κ3) is 2.77. The molecule has 0 bridgehead atoms. The lowest BCUT2D eigenvalue weighted by Crippen LogP contribution is -2.27. The molecule has 0 spiro atoms. The predicted molar refractivity (Wildman–Crippen MR) is 97.1 cm³/mol. The first-order chi connectivity index (χ1) is 12.7. The first-order valence-corrected chi connectivity index (χ1v) is 8.38. The molecule has 1 aliphatic heterocycles. The minimum absolute atomic E-state index is 0.205. The van der Waals surface area contributed by atoms with E-state index in [1.807, 2.05) is 6.92 Å². The van der Waals surface area contributed by atoms with Crippen molar-refractivity contribution < 1.29 is 14.3 Å². The summed E-state index contributed by atoms with van der Waals surface area (Å²) in [5, 5.41) is 8.05. The van der Waals surface area contributed by atoms with Crippen LogP contribution in [0.2, 0.25) is 0 Å². The summed E-state index contributed by atoms with van der Waals surface area (Å²) in [5.41, 5.74) is 0.565. The first kappa shape index (κ1) is 16.1. The fraction of sp³-hybridized carbons (Fsp3) is 0.211. The van der Waals surface area contributed by atoms with Crippen LogP contribution in [0.5, 0.6) is 11.5 Å². The van der Waals surface area contributed by atoms with Crippen molar-refractivity contribution in [2.75, 3.05) is 18.5 Å². The molecule has 2 heterocycles. The molecule has 0 saturated heterocycles. The molecule has 1 aliphatic rings. The first-order valence-electron chi connectivity index (χ1n) is 8.38. The van der Waals surface area contributed by atoms with Crippen LogP contribution >= 0.6 is 0 Å². The van der Waals surface area contributed by atoms with Crippen molar-refractivity contribution >= 4 is 22.4 Å². The summed E-state index contributed by atoms with van der Waals surface area (Å²) in [6.45, 7) is 3.17. The number of carbonyl (C=O) groups is 1. The van der Waals surface area contributed by atoms with Gasteiger partial charge in [-0.3, -0.25) is 9.59 Å². The number of nitrogens with one attached hydrogen (secondary N) is 1. The Morgan fingerprint density at radius 3 is 2.62 bits per heavy atom. The zero-order chi connectivity index (χ0) is 18.1. The van der Waals surface area contributed by atoms with Gasteiger partial charge in [0.2, 0.25) is 0 Å². The summed E-state index contributed by atoms with van der Waals surface area (Å²) in [4.78, 5) is 25.2. The van der Waals surface area contributed by atoms with Crippen LogP contribution in [0.1, 0.15) is 17.4 Å². The van der Waals surface area contributed by atoms with Crippen LogP contribution < -0.4 is 20.3 Å². The van der Waals surface area contributed by atoms with Crippen molar-refractivity contribution in [3.63, 3.8) is 0 Å². The van der Waals surface area contributed by atoms with E-state index in [1.165, 1.54) is 4.68 Å². The molecule has 26 heavy (non-hydrogen) atoms. The van der Waals surface area contributed by atoms with E-state index in [0.29, 0.717) is 47.7 Å². The average molecular weight is 351 g/mol. The minimum atomic E-state index is -0.389. The maximum atomic E-state index is 12.8. The number of hydrogen-bond donors (Lipinski definition) is 1. The van der Waals surface area contributed by atoms with Gasteiger partial charge in [0, 0.05) is 23.7 Å². The van der Waals surface area contributed by atoms with Gasteiger partial charge in [-0.1, -0.05) is 18.2 Å². The van der Waals surface area contributed by atoms with Crippen LogP contribution in [0.15, 0.2) is 47.3 Å². The molecule has 3 aromatic rings. The van der Waals surface area contributed by atoms with Crippen molar-refractivity contribution in [2.24, 2.45) is 0 Å². The molecule has 0 atom stereocenters. The Hall–Kier alpha value is -3.35. The predicted octanol–water partition coefficient (Wildman–Crippen LogP) is 2.44. The normalized spacial score (nSPS) is 12.8. The highest BCUT2D eigenvalue weighted by Crippen LogP contribution is 2.32. The molecule has 1 N–H and O–H groups in total. The highest BCUT2D eigenvalue weighted by atomic mass is 16.6. The Bertz CT molecular complexity index is 1060. The van der Waals surface area contributed by atoms with E-state index in [1.54, 1.807) is 42.5 Å². The number of rotatable bonds is 3. The molecule has 0 radical (unpaired) electrons. The molecule has 1 amide bonds. The number of hydrogen-bond acceptors (Lipinski definition) is 5. The summed E-state index contributed by atoms with van der Waals surface area (Å²) < 4.78 is 12.3. The van der Waals surface area contributed by atoms with Gasteiger partial charge in [-0.15, -0.1) is 0 Å². The van der Waals surface area contributed by atoms with E-state index >= 15 is 0 Å². The van der Waals surface area contributed by atoms with Gasteiger partial charge in [-0.25, -0.2) is 4.68 Å². The molecule has 0 fully saturated rings. The quantitative estimate of drug-likeness (QED) is 0.784. The van der Waals surface area contributed by atoms with E-state index in [2.05, 4.69) is 10.4 Å². The molecule has 0 saturated carbocycles. The highest BCUT2D eigenvalue weighted by molar-refractivity contribution is 6.11. The van der Waals surface area contributed by atoms with Gasteiger partial charge < -0.3 is 14.8 Å². The van der Waals surface area contributed by atoms with Crippen molar-refractivity contribution in [3.05, 3.63) is 58.5 Å². The summed E-state index contributed by atoms with van der Waals surface area (Å²) in [5.74, 6) is 0.850. The zero-order valence-electron chi connectivity index (χ0n) is 14.2. The lowest BCUT2D eigenvalue weighted by atomic mass is 10.1. The second kappa shape index (κ2) is 6.51. The number of fused-ring (bicyclic) bond motifs is 2. The molecule has 132 valence electrons. The fourth-order valence-corrected chi connectivity index (χ4v) is 2.93. The third-order valence-corrected chi connectivity index (χ3v) is 4.18. The summed E-state index contributed by atoms with van der Waals surface area (Å²) in [7, 11) is 0. The Morgan fingerprint density at radius 2 is 1.85 bits per heavy atom. The van der Waals surface area contributed by atoms with E-state index in [0.717, 1.165) is 0 Å². The molecule has 0 aliphatic carbocycles. The Kier molecular flexibility index (Phi) is 4.04. The molecule has 1 aromatic heterocycles. The van der Waals surface area contributed by atoms with Gasteiger partial charge in [0.25, 0.3) is 11.5 Å². The van der Waals surface area contributed by atoms with Crippen LogP contribution in [-0.2, 0) is 6.54 Å². The number of carbonyl (C=O) groups excluding carboxylic acids is 1. The van der Waals surface area contributed by atoms with E-state index in [4.69, 9.17) is 9.47 Å². The van der Waals surface area contributed by atoms with Crippen molar-refractivity contribution in [1.29, 1.82) is 0 Å². The monoisotopic (exact) mass is 351 g/mol. The molecule has 7 nitrogen and oxygen atoms in total. The van der Waals surface area contributed by atoms with E-state index in [-0.39, 0.29) is 17.2 Å². The Balaban J connectivity index is 1.73. The lowest BCUT2D eigenvalue weighted by molar-refractivity contribution is 0.102. The minimum Gasteiger partial charge on any atom is -0.486 e.